The smallest absolute Gasteiger partial charge is 0.246 e. The molecule has 0 spiro atoms. The molecular formula is C19H38IN5O2. The lowest BCUT2D eigenvalue weighted by molar-refractivity contribution is 0.0683. The fraction of sp³-hybridized carbons (Fsp3) is 0.842. The van der Waals surface area contributed by atoms with E-state index < -0.39 is 0 Å². The van der Waals surface area contributed by atoms with Crippen molar-refractivity contribution in [2.24, 2.45) is 4.99 Å². The highest BCUT2D eigenvalue weighted by Gasteiger charge is 2.13. The average molecular weight is 495 g/mol. The molecule has 0 radical (unpaired) electrons. The SMILES string of the molecule is CCCCCCCCCCNC(=NC)NCc1nc(C(C)OCC)no1.I. The van der Waals surface area contributed by atoms with E-state index in [1.165, 1.54) is 44.9 Å². The first kappa shape index (κ1) is 26.1. The van der Waals surface area contributed by atoms with Crippen LogP contribution >= 0.6 is 24.0 Å². The van der Waals surface area contributed by atoms with E-state index in [0.29, 0.717) is 24.9 Å². The molecule has 1 atom stereocenters. The van der Waals surface area contributed by atoms with Crippen LogP contribution in [0.5, 0.6) is 0 Å². The molecule has 0 saturated carbocycles. The molecule has 1 aromatic rings. The summed E-state index contributed by atoms with van der Waals surface area (Å²) in [7, 11) is 1.76. The lowest BCUT2D eigenvalue weighted by Gasteiger charge is -2.10. The maximum atomic E-state index is 5.46. The number of aliphatic imine (C=N–C) groups is 1. The van der Waals surface area contributed by atoms with Crippen LogP contribution < -0.4 is 10.6 Å². The topological polar surface area (TPSA) is 84.6 Å². The van der Waals surface area contributed by atoms with Gasteiger partial charge in [-0.3, -0.25) is 4.99 Å². The quantitative estimate of drug-likeness (QED) is 0.170. The van der Waals surface area contributed by atoms with Gasteiger partial charge < -0.3 is 19.9 Å². The van der Waals surface area contributed by atoms with Crippen LogP contribution in [0.3, 0.4) is 0 Å². The fourth-order valence-corrected chi connectivity index (χ4v) is 2.68. The standard InChI is InChI=1S/C19H37N5O2.HI/c1-5-7-8-9-10-11-12-13-14-21-19(20-4)22-15-17-23-18(24-26-17)16(3)25-6-2;/h16H,5-15H2,1-4H3,(H2,20,21,22);1H. The minimum atomic E-state index is -0.156. The number of halogens is 1. The van der Waals surface area contributed by atoms with Gasteiger partial charge >= 0.3 is 0 Å². The van der Waals surface area contributed by atoms with E-state index in [-0.39, 0.29) is 30.1 Å². The van der Waals surface area contributed by atoms with Crippen LogP contribution in [0.4, 0.5) is 0 Å². The van der Waals surface area contributed by atoms with E-state index in [1.54, 1.807) is 7.05 Å². The highest BCUT2D eigenvalue weighted by molar-refractivity contribution is 14.0. The van der Waals surface area contributed by atoms with E-state index in [4.69, 9.17) is 9.26 Å². The maximum absolute atomic E-state index is 5.46. The third-order valence-corrected chi connectivity index (χ3v) is 4.22. The Morgan fingerprint density at radius 2 is 1.74 bits per heavy atom. The Balaban J connectivity index is 0.00000676. The maximum Gasteiger partial charge on any atom is 0.246 e. The van der Waals surface area contributed by atoms with Crippen molar-refractivity contribution < 1.29 is 9.26 Å². The normalized spacial score (nSPS) is 12.5. The fourth-order valence-electron chi connectivity index (χ4n) is 2.68. The van der Waals surface area contributed by atoms with Crippen molar-refractivity contribution in [1.82, 2.24) is 20.8 Å². The number of guanidine groups is 1. The van der Waals surface area contributed by atoms with Crippen molar-refractivity contribution in [2.75, 3.05) is 20.2 Å². The first-order chi connectivity index (χ1) is 12.7. The first-order valence-electron chi connectivity index (χ1n) is 10.1. The number of aromatic nitrogens is 2. The predicted molar refractivity (Wildman–Crippen MR) is 121 cm³/mol. The number of hydrogen-bond acceptors (Lipinski definition) is 5. The van der Waals surface area contributed by atoms with Gasteiger partial charge in [0.2, 0.25) is 5.89 Å². The van der Waals surface area contributed by atoms with Gasteiger partial charge in [0.15, 0.2) is 11.8 Å². The molecular weight excluding hydrogens is 457 g/mol. The minimum absolute atomic E-state index is 0. The Morgan fingerprint density at radius 3 is 2.37 bits per heavy atom. The molecule has 0 bridgehead atoms. The number of nitrogens with zero attached hydrogens (tertiary/aromatic N) is 3. The van der Waals surface area contributed by atoms with Gasteiger partial charge in [-0.15, -0.1) is 24.0 Å². The molecule has 1 aromatic heterocycles. The summed E-state index contributed by atoms with van der Waals surface area (Å²) in [6.45, 7) is 8.11. The zero-order valence-corrected chi connectivity index (χ0v) is 19.8. The summed E-state index contributed by atoms with van der Waals surface area (Å²) in [5.41, 5.74) is 0. The molecule has 1 rings (SSSR count). The molecule has 0 aliphatic heterocycles. The minimum Gasteiger partial charge on any atom is -0.371 e. The Hall–Kier alpha value is -0.900. The van der Waals surface area contributed by atoms with E-state index in [1.807, 2.05) is 13.8 Å². The zero-order chi connectivity index (χ0) is 19.0. The van der Waals surface area contributed by atoms with Crippen molar-refractivity contribution in [2.45, 2.75) is 84.8 Å². The zero-order valence-electron chi connectivity index (χ0n) is 17.4. The Bertz CT molecular complexity index is 496. The lowest BCUT2D eigenvalue weighted by atomic mass is 10.1. The second-order valence-corrected chi connectivity index (χ2v) is 6.47. The Labute approximate surface area is 181 Å². The number of unbranched alkanes of at least 4 members (excludes halogenated alkanes) is 7. The number of ether oxygens (including phenoxy) is 1. The van der Waals surface area contributed by atoms with Gasteiger partial charge in [-0.1, -0.05) is 57.0 Å². The van der Waals surface area contributed by atoms with Crippen molar-refractivity contribution in [3.8, 4) is 0 Å². The van der Waals surface area contributed by atoms with Gasteiger partial charge in [0.25, 0.3) is 0 Å². The van der Waals surface area contributed by atoms with Crippen LogP contribution in [0.1, 0.15) is 90.0 Å². The first-order valence-corrected chi connectivity index (χ1v) is 10.1. The third-order valence-electron chi connectivity index (χ3n) is 4.22. The molecule has 1 unspecified atom stereocenters. The van der Waals surface area contributed by atoms with Gasteiger partial charge in [-0.25, -0.2) is 0 Å². The summed E-state index contributed by atoms with van der Waals surface area (Å²) >= 11 is 0. The van der Waals surface area contributed by atoms with Crippen LogP contribution in [-0.4, -0.2) is 36.3 Å². The van der Waals surface area contributed by atoms with E-state index in [9.17, 15) is 0 Å². The highest BCUT2D eigenvalue weighted by atomic mass is 127. The van der Waals surface area contributed by atoms with Crippen LogP contribution in [0, 0.1) is 0 Å². The van der Waals surface area contributed by atoms with Crippen LogP contribution in [0.15, 0.2) is 9.52 Å². The third kappa shape index (κ3) is 12.2. The molecule has 27 heavy (non-hydrogen) atoms. The molecule has 0 amide bonds. The number of hydrogen-bond donors (Lipinski definition) is 2. The molecule has 8 heteroatoms. The van der Waals surface area contributed by atoms with Crippen molar-refractivity contribution in [1.29, 1.82) is 0 Å². The highest BCUT2D eigenvalue weighted by Crippen LogP contribution is 2.12. The number of nitrogens with one attached hydrogen (secondary N) is 2. The van der Waals surface area contributed by atoms with Gasteiger partial charge in [0, 0.05) is 20.2 Å². The average Bonchev–Trinajstić information content (AvgIpc) is 3.12. The number of rotatable bonds is 14. The monoisotopic (exact) mass is 495 g/mol. The predicted octanol–water partition coefficient (Wildman–Crippen LogP) is 4.59. The van der Waals surface area contributed by atoms with Crippen LogP contribution in [0.2, 0.25) is 0 Å². The molecule has 2 N–H and O–H groups in total. The van der Waals surface area contributed by atoms with Gasteiger partial charge in [0.1, 0.15) is 6.10 Å². The molecule has 158 valence electrons. The van der Waals surface area contributed by atoms with Gasteiger partial charge in [0.05, 0.1) is 6.54 Å². The molecule has 0 saturated heterocycles. The van der Waals surface area contributed by atoms with Crippen LogP contribution in [0.25, 0.3) is 0 Å². The summed E-state index contributed by atoms with van der Waals surface area (Å²) in [6.07, 6.45) is 10.4. The molecule has 0 aliphatic rings. The summed E-state index contributed by atoms with van der Waals surface area (Å²) in [4.78, 5) is 8.56. The molecule has 0 aliphatic carbocycles. The van der Waals surface area contributed by atoms with Crippen LogP contribution in [-0.2, 0) is 11.3 Å². The van der Waals surface area contributed by atoms with Crippen molar-refractivity contribution in [3.63, 3.8) is 0 Å². The molecule has 0 fully saturated rings. The summed E-state index contributed by atoms with van der Waals surface area (Å²) in [5.74, 6) is 1.86. The van der Waals surface area contributed by atoms with Crippen molar-refractivity contribution in [3.05, 3.63) is 11.7 Å². The Morgan fingerprint density at radius 1 is 1.07 bits per heavy atom. The molecule has 0 aromatic carbocycles. The second-order valence-electron chi connectivity index (χ2n) is 6.47. The van der Waals surface area contributed by atoms with Gasteiger partial charge in [-0.05, 0) is 20.3 Å². The lowest BCUT2D eigenvalue weighted by Crippen LogP contribution is -2.37. The molecule has 7 nitrogen and oxygen atoms in total. The largest absolute Gasteiger partial charge is 0.371 e. The van der Waals surface area contributed by atoms with E-state index in [2.05, 4.69) is 32.7 Å². The Kier molecular flexibility index (Phi) is 16.6. The van der Waals surface area contributed by atoms with Gasteiger partial charge in [-0.2, -0.15) is 4.98 Å². The van der Waals surface area contributed by atoms with E-state index in [0.717, 1.165) is 18.9 Å². The summed E-state index contributed by atoms with van der Waals surface area (Å²) in [6, 6.07) is 0. The van der Waals surface area contributed by atoms with Crippen molar-refractivity contribution >= 4 is 29.9 Å². The molecule has 1 heterocycles. The second kappa shape index (κ2) is 17.2. The summed E-state index contributed by atoms with van der Waals surface area (Å²) < 4.78 is 10.7. The van der Waals surface area contributed by atoms with E-state index >= 15 is 0 Å². The summed E-state index contributed by atoms with van der Waals surface area (Å²) in [5, 5.41) is 10.5.